The molecule has 0 saturated heterocycles. The van der Waals surface area contributed by atoms with Gasteiger partial charge < -0.3 is 10.4 Å². The van der Waals surface area contributed by atoms with Crippen LogP contribution in [0.1, 0.15) is 11.1 Å². The summed E-state index contributed by atoms with van der Waals surface area (Å²) in [5.74, 6) is 0. The fraction of sp³-hybridized carbons (Fsp3) is 0. The molecule has 2 aromatic rings. The molecule has 0 atom stereocenters. The highest BCUT2D eigenvalue weighted by molar-refractivity contribution is 6.53. The van der Waals surface area contributed by atoms with Gasteiger partial charge in [0.05, 0.1) is 0 Å². The summed E-state index contributed by atoms with van der Waals surface area (Å²) in [5.41, 5.74) is 1.40. The number of hydrogen-bond donors (Lipinski definition) is 2. The second-order valence-corrected chi connectivity index (χ2v) is 4.78. The standard InChI is InChI=1S/C14H10Cl2N2O2/c15-11-5-1-9(2-6-11)13(17-19)14(18-20)10-3-7-12(16)8-4-10/h1-8,19-20H. The molecule has 4 nitrogen and oxygen atoms in total. The summed E-state index contributed by atoms with van der Waals surface area (Å²) in [4.78, 5) is 0. The molecule has 2 rings (SSSR count). The molecule has 0 aromatic heterocycles. The van der Waals surface area contributed by atoms with Crippen LogP contribution in [0.25, 0.3) is 0 Å². The van der Waals surface area contributed by atoms with Gasteiger partial charge in [-0.25, -0.2) is 0 Å². The van der Waals surface area contributed by atoms with Crippen molar-refractivity contribution in [3.05, 3.63) is 69.7 Å². The van der Waals surface area contributed by atoms with Gasteiger partial charge in [-0.3, -0.25) is 0 Å². The van der Waals surface area contributed by atoms with Crippen molar-refractivity contribution in [2.24, 2.45) is 10.3 Å². The molecule has 0 aliphatic rings. The molecule has 6 heteroatoms. The first-order valence-corrected chi connectivity index (χ1v) is 6.37. The van der Waals surface area contributed by atoms with Crippen LogP contribution in [-0.2, 0) is 0 Å². The molecule has 0 fully saturated rings. The molecular formula is C14H10Cl2N2O2. The van der Waals surface area contributed by atoms with Gasteiger partial charge in [0.25, 0.3) is 0 Å². The fourth-order valence-corrected chi connectivity index (χ4v) is 1.95. The van der Waals surface area contributed by atoms with Crippen LogP contribution in [0.2, 0.25) is 10.0 Å². The van der Waals surface area contributed by atoms with Gasteiger partial charge in [-0.1, -0.05) is 57.8 Å². The van der Waals surface area contributed by atoms with Crippen molar-refractivity contribution in [1.29, 1.82) is 0 Å². The maximum atomic E-state index is 9.20. The number of nitrogens with zero attached hydrogens (tertiary/aromatic N) is 2. The average Bonchev–Trinajstić information content (AvgIpc) is 2.47. The first-order valence-electron chi connectivity index (χ1n) is 5.62. The highest BCUT2D eigenvalue weighted by Gasteiger charge is 2.15. The van der Waals surface area contributed by atoms with Crippen molar-refractivity contribution in [2.45, 2.75) is 0 Å². The topological polar surface area (TPSA) is 65.2 Å². The van der Waals surface area contributed by atoms with E-state index >= 15 is 0 Å². The lowest BCUT2D eigenvalue weighted by Gasteiger charge is -2.07. The minimum Gasteiger partial charge on any atom is -0.410 e. The first kappa shape index (κ1) is 14.4. The molecule has 0 spiro atoms. The predicted octanol–water partition coefficient (Wildman–Crippen LogP) is 4.05. The zero-order valence-electron chi connectivity index (χ0n) is 10.2. The molecule has 0 radical (unpaired) electrons. The molecule has 20 heavy (non-hydrogen) atoms. The summed E-state index contributed by atoms with van der Waals surface area (Å²) in [6.07, 6.45) is 0. The summed E-state index contributed by atoms with van der Waals surface area (Å²) < 4.78 is 0. The quantitative estimate of drug-likeness (QED) is 0.510. The predicted molar refractivity (Wildman–Crippen MR) is 79.6 cm³/mol. The van der Waals surface area contributed by atoms with E-state index in [1.807, 2.05) is 0 Å². The Kier molecular flexibility index (Phi) is 4.61. The smallest absolute Gasteiger partial charge is 0.139 e. The molecule has 2 aromatic carbocycles. The monoisotopic (exact) mass is 308 g/mol. The maximum Gasteiger partial charge on any atom is 0.139 e. The Bertz CT molecular complexity index is 590. The summed E-state index contributed by atoms with van der Waals surface area (Å²) in [5, 5.41) is 25.9. The zero-order chi connectivity index (χ0) is 14.5. The van der Waals surface area contributed by atoms with E-state index < -0.39 is 0 Å². The average molecular weight is 309 g/mol. The Morgan fingerprint density at radius 2 is 0.950 bits per heavy atom. The van der Waals surface area contributed by atoms with E-state index in [1.165, 1.54) is 0 Å². The first-order chi connectivity index (χ1) is 9.65. The van der Waals surface area contributed by atoms with Crippen molar-refractivity contribution in [3.8, 4) is 0 Å². The Labute approximate surface area is 125 Å². The fourth-order valence-electron chi connectivity index (χ4n) is 1.70. The number of rotatable bonds is 3. The largest absolute Gasteiger partial charge is 0.410 e. The van der Waals surface area contributed by atoms with Gasteiger partial charge in [-0.2, -0.15) is 0 Å². The third kappa shape index (κ3) is 3.10. The van der Waals surface area contributed by atoms with Crippen LogP contribution in [0.4, 0.5) is 0 Å². The Morgan fingerprint density at radius 3 is 1.20 bits per heavy atom. The second kappa shape index (κ2) is 6.41. The minimum atomic E-state index is 0.131. The third-order valence-corrected chi connectivity index (χ3v) is 3.16. The number of oxime groups is 2. The van der Waals surface area contributed by atoms with Crippen molar-refractivity contribution in [1.82, 2.24) is 0 Å². The van der Waals surface area contributed by atoms with Crippen LogP contribution in [0.5, 0.6) is 0 Å². The molecule has 0 heterocycles. The molecule has 0 bridgehead atoms. The lowest BCUT2D eigenvalue weighted by molar-refractivity contribution is 0.314. The molecule has 0 aliphatic heterocycles. The molecule has 2 N–H and O–H groups in total. The Balaban J connectivity index is 2.44. The van der Waals surface area contributed by atoms with Crippen molar-refractivity contribution >= 4 is 34.6 Å². The van der Waals surface area contributed by atoms with Crippen LogP contribution < -0.4 is 0 Å². The normalized spacial score (nSPS) is 12.5. The van der Waals surface area contributed by atoms with Crippen molar-refractivity contribution < 1.29 is 10.4 Å². The highest BCUT2D eigenvalue weighted by Crippen LogP contribution is 2.15. The Hall–Kier alpha value is -2.04. The lowest BCUT2D eigenvalue weighted by atomic mass is 10.00. The highest BCUT2D eigenvalue weighted by atomic mass is 35.5. The summed E-state index contributed by atoms with van der Waals surface area (Å²) >= 11 is 11.6. The van der Waals surface area contributed by atoms with Crippen LogP contribution in [0.15, 0.2) is 58.8 Å². The van der Waals surface area contributed by atoms with Gasteiger partial charge in [0, 0.05) is 21.2 Å². The molecule has 0 saturated carbocycles. The molecule has 0 amide bonds. The van der Waals surface area contributed by atoms with E-state index in [4.69, 9.17) is 23.2 Å². The van der Waals surface area contributed by atoms with E-state index in [-0.39, 0.29) is 11.4 Å². The molecule has 102 valence electrons. The van der Waals surface area contributed by atoms with Gasteiger partial charge in [0.1, 0.15) is 11.4 Å². The van der Waals surface area contributed by atoms with E-state index in [0.717, 1.165) is 0 Å². The Morgan fingerprint density at radius 1 is 0.650 bits per heavy atom. The minimum absolute atomic E-state index is 0.131. The van der Waals surface area contributed by atoms with Gasteiger partial charge >= 0.3 is 0 Å². The van der Waals surface area contributed by atoms with Crippen LogP contribution >= 0.6 is 23.2 Å². The number of benzene rings is 2. The van der Waals surface area contributed by atoms with Gasteiger partial charge in [0.2, 0.25) is 0 Å². The number of hydrogen-bond acceptors (Lipinski definition) is 4. The number of halogens is 2. The van der Waals surface area contributed by atoms with Crippen molar-refractivity contribution in [3.63, 3.8) is 0 Å². The van der Waals surface area contributed by atoms with Gasteiger partial charge in [-0.15, -0.1) is 0 Å². The third-order valence-electron chi connectivity index (χ3n) is 2.66. The van der Waals surface area contributed by atoms with Crippen LogP contribution in [0.3, 0.4) is 0 Å². The second-order valence-electron chi connectivity index (χ2n) is 3.91. The van der Waals surface area contributed by atoms with Gasteiger partial charge in [-0.05, 0) is 24.3 Å². The van der Waals surface area contributed by atoms with Crippen LogP contribution in [-0.4, -0.2) is 21.8 Å². The maximum absolute atomic E-state index is 9.20. The van der Waals surface area contributed by atoms with Gasteiger partial charge in [0.15, 0.2) is 0 Å². The van der Waals surface area contributed by atoms with E-state index in [9.17, 15) is 10.4 Å². The van der Waals surface area contributed by atoms with E-state index in [0.29, 0.717) is 21.2 Å². The summed E-state index contributed by atoms with van der Waals surface area (Å²) in [6.45, 7) is 0. The van der Waals surface area contributed by atoms with E-state index in [2.05, 4.69) is 10.3 Å². The van der Waals surface area contributed by atoms with Crippen molar-refractivity contribution in [2.75, 3.05) is 0 Å². The zero-order valence-corrected chi connectivity index (χ0v) is 11.7. The molecular weight excluding hydrogens is 299 g/mol. The summed E-state index contributed by atoms with van der Waals surface area (Å²) in [7, 11) is 0. The summed E-state index contributed by atoms with van der Waals surface area (Å²) in [6, 6.07) is 13.3. The van der Waals surface area contributed by atoms with Crippen LogP contribution in [0, 0.1) is 0 Å². The molecule has 0 aliphatic carbocycles. The SMILES string of the molecule is ON=C(C(=NO)c1ccc(Cl)cc1)c1ccc(Cl)cc1. The van der Waals surface area contributed by atoms with E-state index in [1.54, 1.807) is 48.5 Å². The molecule has 0 unspecified atom stereocenters. The lowest BCUT2D eigenvalue weighted by Crippen LogP contribution is -2.17.